The molecule has 0 aromatic carbocycles. The molecule has 116 valence electrons. The number of hydrogen-bond acceptors (Lipinski definition) is 4. The van der Waals surface area contributed by atoms with E-state index in [1.165, 1.54) is 0 Å². The van der Waals surface area contributed by atoms with E-state index >= 15 is 0 Å². The maximum absolute atomic E-state index is 11.9. The first-order valence-electron chi connectivity index (χ1n) is 7.38. The van der Waals surface area contributed by atoms with E-state index in [1.807, 2.05) is 6.92 Å². The third-order valence-electron chi connectivity index (χ3n) is 4.41. The van der Waals surface area contributed by atoms with Gasteiger partial charge >= 0.3 is 5.97 Å². The summed E-state index contributed by atoms with van der Waals surface area (Å²) in [5.74, 6) is 0.0220. The Labute approximate surface area is 129 Å². The number of ether oxygens (including phenoxy) is 1. The van der Waals surface area contributed by atoms with Crippen LogP contribution in [0.5, 0.6) is 0 Å². The predicted octanol–water partition coefficient (Wildman–Crippen LogP) is 2.54. The van der Waals surface area contributed by atoms with E-state index in [0.717, 1.165) is 18.2 Å². The highest BCUT2D eigenvalue weighted by Gasteiger charge is 2.54. The Bertz CT molecular complexity index is 382. The fourth-order valence-electron chi connectivity index (χ4n) is 4.36. The van der Waals surface area contributed by atoms with Crippen LogP contribution in [0.2, 0.25) is 0 Å². The zero-order chi connectivity index (χ0) is 15.0. The monoisotopic (exact) mass is 348 g/mol. The van der Waals surface area contributed by atoms with Gasteiger partial charge in [0.2, 0.25) is 0 Å². The van der Waals surface area contributed by atoms with Gasteiger partial charge in [-0.2, -0.15) is 0 Å². The molecular weight excluding hydrogens is 324 g/mol. The molecular formula is C15H25BrO4. The van der Waals surface area contributed by atoms with Crippen LogP contribution in [0.1, 0.15) is 58.8 Å². The van der Waals surface area contributed by atoms with Crippen LogP contribution in [0.4, 0.5) is 0 Å². The minimum Gasteiger partial charge on any atom is -0.459 e. The van der Waals surface area contributed by atoms with Crippen molar-refractivity contribution in [2.75, 3.05) is 5.33 Å². The summed E-state index contributed by atoms with van der Waals surface area (Å²) >= 11 is 3.30. The summed E-state index contributed by atoms with van der Waals surface area (Å²) < 4.78 is 5.65. The van der Waals surface area contributed by atoms with Gasteiger partial charge in [-0.25, -0.2) is 0 Å². The van der Waals surface area contributed by atoms with Gasteiger partial charge in [0, 0.05) is 24.6 Å². The molecule has 0 aromatic heterocycles. The van der Waals surface area contributed by atoms with E-state index in [0.29, 0.717) is 32.1 Å². The highest BCUT2D eigenvalue weighted by Crippen LogP contribution is 2.51. The van der Waals surface area contributed by atoms with Crippen molar-refractivity contribution in [3.63, 3.8) is 0 Å². The van der Waals surface area contributed by atoms with Gasteiger partial charge in [0.25, 0.3) is 0 Å². The lowest BCUT2D eigenvalue weighted by molar-refractivity contribution is -0.199. The lowest BCUT2D eigenvalue weighted by Crippen LogP contribution is -2.57. The van der Waals surface area contributed by atoms with Crippen molar-refractivity contribution in [3.05, 3.63) is 0 Å². The van der Waals surface area contributed by atoms with Gasteiger partial charge in [0.05, 0.1) is 11.2 Å². The highest BCUT2D eigenvalue weighted by molar-refractivity contribution is 9.09. The van der Waals surface area contributed by atoms with E-state index in [2.05, 4.69) is 15.9 Å². The van der Waals surface area contributed by atoms with Crippen molar-refractivity contribution >= 4 is 21.9 Å². The average molecular weight is 349 g/mol. The van der Waals surface area contributed by atoms with Gasteiger partial charge in [0.1, 0.15) is 5.60 Å². The van der Waals surface area contributed by atoms with Crippen LogP contribution in [0.3, 0.4) is 0 Å². The fourth-order valence-corrected chi connectivity index (χ4v) is 4.64. The van der Waals surface area contributed by atoms with E-state index in [4.69, 9.17) is 4.74 Å². The van der Waals surface area contributed by atoms with Gasteiger partial charge in [-0.15, -0.1) is 0 Å². The quantitative estimate of drug-likeness (QED) is 0.605. The van der Waals surface area contributed by atoms with Crippen LogP contribution in [0.25, 0.3) is 0 Å². The summed E-state index contributed by atoms with van der Waals surface area (Å²) in [5, 5.41) is 21.7. The zero-order valence-electron chi connectivity index (χ0n) is 12.3. The van der Waals surface area contributed by atoms with Gasteiger partial charge in [-0.05, 0) is 45.4 Å². The molecule has 2 N–H and O–H groups in total. The Morgan fingerprint density at radius 3 is 2.55 bits per heavy atom. The number of esters is 1. The second kappa shape index (κ2) is 5.58. The predicted molar refractivity (Wildman–Crippen MR) is 79.7 cm³/mol. The Morgan fingerprint density at radius 2 is 1.95 bits per heavy atom. The summed E-state index contributed by atoms with van der Waals surface area (Å²) in [6, 6.07) is 0. The Hall–Kier alpha value is -0.130. The molecule has 2 bridgehead atoms. The highest BCUT2D eigenvalue weighted by atomic mass is 79.9. The minimum atomic E-state index is -0.908. The largest absolute Gasteiger partial charge is 0.459 e. The summed E-state index contributed by atoms with van der Waals surface area (Å²) in [5.41, 5.74) is -2.31. The lowest BCUT2D eigenvalue weighted by atomic mass is 9.60. The number of rotatable bonds is 4. The van der Waals surface area contributed by atoms with Crippen molar-refractivity contribution in [1.82, 2.24) is 0 Å². The molecule has 2 rings (SSSR count). The lowest BCUT2D eigenvalue weighted by Gasteiger charge is -2.53. The molecule has 2 fully saturated rings. The van der Waals surface area contributed by atoms with Gasteiger partial charge in [0.15, 0.2) is 0 Å². The minimum absolute atomic E-state index is 0.192. The first-order valence-corrected chi connectivity index (χ1v) is 8.50. The molecule has 0 aromatic rings. The van der Waals surface area contributed by atoms with E-state index < -0.39 is 16.8 Å². The first-order chi connectivity index (χ1) is 9.15. The normalized spacial score (nSPS) is 44.1. The molecule has 4 atom stereocenters. The molecule has 4 nitrogen and oxygen atoms in total. The van der Waals surface area contributed by atoms with Crippen molar-refractivity contribution in [2.24, 2.45) is 5.92 Å². The average Bonchev–Trinajstić information content (AvgIpc) is 2.19. The van der Waals surface area contributed by atoms with Crippen LogP contribution in [0, 0.1) is 5.92 Å². The second-order valence-corrected chi connectivity index (χ2v) is 8.06. The topological polar surface area (TPSA) is 66.8 Å². The summed E-state index contributed by atoms with van der Waals surface area (Å²) in [6.45, 7) is 3.70. The first kappa shape index (κ1) is 16.2. The molecule has 0 heterocycles. The maximum Gasteiger partial charge on any atom is 0.306 e. The summed E-state index contributed by atoms with van der Waals surface area (Å²) in [7, 11) is 0. The number of aliphatic hydroxyl groups is 2. The summed E-state index contributed by atoms with van der Waals surface area (Å²) in [4.78, 5) is 11.9. The van der Waals surface area contributed by atoms with Crippen molar-refractivity contribution in [2.45, 2.75) is 75.6 Å². The number of hydrogen-bond donors (Lipinski definition) is 2. The smallest absolute Gasteiger partial charge is 0.306 e. The number of fused-ring (bicyclic) bond motifs is 2. The molecule has 20 heavy (non-hydrogen) atoms. The molecule has 0 saturated heterocycles. The van der Waals surface area contributed by atoms with E-state index in [1.54, 1.807) is 6.92 Å². The van der Waals surface area contributed by atoms with Crippen molar-refractivity contribution in [3.8, 4) is 0 Å². The molecule has 0 radical (unpaired) electrons. The zero-order valence-corrected chi connectivity index (χ0v) is 13.9. The molecule has 0 spiro atoms. The van der Waals surface area contributed by atoms with Gasteiger partial charge in [-0.1, -0.05) is 15.9 Å². The van der Waals surface area contributed by atoms with Gasteiger partial charge < -0.3 is 14.9 Å². The van der Waals surface area contributed by atoms with Crippen LogP contribution in [-0.4, -0.2) is 38.3 Å². The number of carbonyl (C=O) groups excluding carboxylic acids is 1. The van der Waals surface area contributed by atoms with Crippen LogP contribution >= 0.6 is 15.9 Å². The van der Waals surface area contributed by atoms with Crippen molar-refractivity contribution in [1.29, 1.82) is 0 Å². The molecule has 0 amide bonds. The van der Waals surface area contributed by atoms with E-state index in [-0.39, 0.29) is 11.9 Å². The van der Waals surface area contributed by atoms with E-state index in [9.17, 15) is 15.0 Å². The van der Waals surface area contributed by atoms with Crippen molar-refractivity contribution < 1.29 is 19.7 Å². The van der Waals surface area contributed by atoms with Crippen LogP contribution < -0.4 is 0 Å². The molecule has 2 saturated carbocycles. The standard InChI is InChI=1S/C15H25BrO4/c1-13(18)6-11-7-14(2,10-15(19,8-11)9-13)20-12(17)4-3-5-16/h11,18-19H,3-10H2,1-2H3. The Kier molecular flexibility index (Phi) is 4.53. The van der Waals surface area contributed by atoms with Crippen LogP contribution in [0.15, 0.2) is 0 Å². The third kappa shape index (κ3) is 3.95. The second-order valence-electron chi connectivity index (χ2n) is 7.27. The number of halogens is 1. The fraction of sp³-hybridized carbons (Fsp3) is 0.933. The molecule has 2 aliphatic carbocycles. The molecule has 5 heteroatoms. The van der Waals surface area contributed by atoms with Crippen LogP contribution in [-0.2, 0) is 9.53 Å². The summed E-state index contributed by atoms with van der Waals surface area (Å²) in [6.07, 6.45) is 4.06. The Balaban J connectivity index is 2.03. The van der Waals surface area contributed by atoms with Gasteiger partial charge in [-0.3, -0.25) is 4.79 Å². The third-order valence-corrected chi connectivity index (χ3v) is 4.97. The Morgan fingerprint density at radius 1 is 1.25 bits per heavy atom. The molecule has 2 aliphatic rings. The molecule has 0 aliphatic heterocycles. The maximum atomic E-state index is 11.9. The SMILES string of the molecule is CC1(O)CC2CC(O)(C1)CC(C)(OC(=O)CCCBr)C2. The number of alkyl halides is 1. The number of carbonyl (C=O) groups is 1. The molecule has 4 unspecified atom stereocenters.